The highest BCUT2D eigenvalue weighted by molar-refractivity contribution is 7.17. The van der Waals surface area contributed by atoms with Crippen molar-refractivity contribution in [1.82, 2.24) is 0 Å². The van der Waals surface area contributed by atoms with Gasteiger partial charge in [-0.1, -0.05) is 0 Å². The molecule has 0 radical (unpaired) electrons. The van der Waals surface area contributed by atoms with Crippen LogP contribution in [0.15, 0.2) is 0 Å². The first-order valence-electron chi connectivity index (χ1n) is 1.17. The highest BCUT2D eigenvalue weighted by atomic mass is 35.5. The average molecular weight is 115 g/mol. The first kappa shape index (κ1) is 9.19. The molecule has 34 valence electrons. The zero-order valence-electron chi connectivity index (χ0n) is 3.01. The van der Waals surface area contributed by atoms with Crippen molar-refractivity contribution in [3.05, 3.63) is 0 Å². The molecule has 2 unspecified atom stereocenters. The molecule has 0 saturated carbocycles. The van der Waals surface area contributed by atoms with Gasteiger partial charge in [-0.05, 0) is 6.92 Å². The average Bonchev–Trinajstić information content (AvgIpc) is 0.811. The van der Waals surface area contributed by atoms with Gasteiger partial charge in [0.2, 0.25) is 0 Å². The van der Waals surface area contributed by atoms with Crippen LogP contribution in [0.5, 0.6) is 0 Å². The van der Waals surface area contributed by atoms with Crippen LogP contribution < -0.4 is 0 Å². The fraction of sp³-hybridized carbons (Fsp3) is 1.00. The van der Waals surface area contributed by atoms with Crippen LogP contribution in [0.25, 0.3) is 0 Å². The van der Waals surface area contributed by atoms with E-state index in [4.69, 9.17) is 5.11 Å². The Morgan fingerprint density at radius 1 is 1.80 bits per heavy atom. The fourth-order valence-corrected chi connectivity index (χ4v) is 0. The van der Waals surface area contributed by atoms with Gasteiger partial charge in [-0.3, -0.25) is 0 Å². The van der Waals surface area contributed by atoms with Crippen LogP contribution in [-0.4, -0.2) is 11.0 Å². The first-order chi connectivity index (χ1) is 1.73. The molecule has 0 aromatic heterocycles. The summed E-state index contributed by atoms with van der Waals surface area (Å²) >= 11 is 0. The van der Waals surface area contributed by atoms with E-state index in [2.05, 4.69) is 9.24 Å². The van der Waals surface area contributed by atoms with Gasteiger partial charge in [0.1, 0.15) is 0 Å². The minimum absolute atomic E-state index is 0. The van der Waals surface area contributed by atoms with E-state index in [0.29, 0.717) is 0 Å². The lowest BCUT2D eigenvalue weighted by Gasteiger charge is -1.80. The van der Waals surface area contributed by atoms with E-state index in [-0.39, 0.29) is 18.3 Å². The van der Waals surface area contributed by atoms with Crippen LogP contribution >= 0.6 is 21.6 Å². The molecule has 1 N–H and O–H groups in total. The molecule has 3 heteroatoms. The van der Waals surface area contributed by atoms with Crippen LogP contribution in [0.2, 0.25) is 0 Å². The van der Waals surface area contributed by atoms with Gasteiger partial charge in [-0.25, -0.2) is 0 Å². The summed E-state index contributed by atoms with van der Waals surface area (Å²) in [6.45, 7) is 1.69. The van der Waals surface area contributed by atoms with Gasteiger partial charge in [-0.15, -0.1) is 21.6 Å². The third kappa shape index (κ3) is 72.7. The van der Waals surface area contributed by atoms with E-state index in [9.17, 15) is 0 Å². The van der Waals surface area contributed by atoms with Crippen molar-refractivity contribution in [1.29, 1.82) is 0 Å². The molecule has 5 heavy (non-hydrogen) atoms. The predicted molar refractivity (Wildman–Crippen MR) is 28.6 cm³/mol. The summed E-state index contributed by atoms with van der Waals surface area (Å²) < 4.78 is 0. The second-order valence-electron chi connectivity index (χ2n) is 0.741. The van der Waals surface area contributed by atoms with E-state index >= 15 is 0 Å². The Kier molecular flexibility index (Phi) is 8.60. The Morgan fingerprint density at radius 3 is 1.80 bits per heavy atom. The number of rotatable bonds is 0. The number of hydrogen-bond acceptors (Lipinski definition) is 1. The van der Waals surface area contributed by atoms with Crippen LogP contribution in [0.4, 0.5) is 0 Å². The maximum absolute atomic E-state index is 8.02. The maximum Gasteiger partial charge on any atom is 0.0645 e. The van der Waals surface area contributed by atoms with Crippen molar-refractivity contribution >= 4 is 21.6 Å². The topological polar surface area (TPSA) is 20.2 Å². The monoisotopic (exact) mass is 114 g/mol. The Labute approximate surface area is 40.4 Å². The number of halogens is 1. The summed E-state index contributed by atoms with van der Waals surface area (Å²) in [7, 11) is 2.21. The zero-order chi connectivity index (χ0) is 3.58. The van der Waals surface area contributed by atoms with Gasteiger partial charge in [0, 0.05) is 0 Å². The summed E-state index contributed by atoms with van der Waals surface area (Å²) in [5.74, 6) is -0.250. The van der Waals surface area contributed by atoms with Crippen molar-refractivity contribution in [2.45, 2.75) is 12.8 Å². The Bertz CT molecular complexity index is 14.4. The molecule has 0 rings (SSSR count). The molecule has 0 aliphatic carbocycles. The van der Waals surface area contributed by atoms with Gasteiger partial charge >= 0.3 is 0 Å². The Morgan fingerprint density at radius 2 is 1.80 bits per heavy atom. The Balaban J connectivity index is 0. The van der Waals surface area contributed by atoms with Crippen LogP contribution in [0, 0.1) is 0 Å². The molecule has 1 nitrogen and oxygen atoms in total. The van der Waals surface area contributed by atoms with Gasteiger partial charge in [0.25, 0.3) is 0 Å². The molecule has 0 saturated heterocycles. The lowest BCUT2D eigenvalue weighted by atomic mass is 10.9. The third-order valence-electron chi connectivity index (χ3n) is 0. The van der Waals surface area contributed by atoms with Crippen LogP contribution in [0.3, 0.4) is 0 Å². The number of aliphatic hydroxyl groups excluding tert-OH is 1. The molecule has 0 heterocycles. The third-order valence-corrected chi connectivity index (χ3v) is 0. The molecule has 0 fully saturated rings. The van der Waals surface area contributed by atoms with Gasteiger partial charge < -0.3 is 5.11 Å². The number of aliphatic hydroxyl groups is 1. The van der Waals surface area contributed by atoms with E-state index in [0.717, 1.165) is 0 Å². The summed E-state index contributed by atoms with van der Waals surface area (Å²) in [4.78, 5) is 0. The molecule has 0 amide bonds. The fourth-order valence-electron chi connectivity index (χ4n) is 0. The van der Waals surface area contributed by atoms with Crippen LogP contribution in [0.1, 0.15) is 6.92 Å². The largest absolute Gasteiger partial charge is 0.389 e. The molecular weight excluding hydrogens is 106 g/mol. The second kappa shape index (κ2) is 4.68. The van der Waals surface area contributed by atoms with Crippen LogP contribution in [-0.2, 0) is 0 Å². The zero-order valence-corrected chi connectivity index (χ0v) is 4.98. The van der Waals surface area contributed by atoms with Crippen molar-refractivity contribution in [2.75, 3.05) is 0 Å². The SMILES string of the molecule is CC(O)P.Cl. The highest BCUT2D eigenvalue weighted by Gasteiger charge is 1.69. The van der Waals surface area contributed by atoms with Crippen molar-refractivity contribution < 1.29 is 5.11 Å². The molecule has 0 spiro atoms. The standard InChI is InChI=1S/C2H7OP.ClH/c1-2(3)4;/h2-3H,4H2,1H3;1H. The summed E-state index contributed by atoms with van der Waals surface area (Å²) in [5.41, 5.74) is 0. The second-order valence-corrected chi connectivity index (χ2v) is 1.71. The first-order valence-corrected chi connectivity index (χ1v) is 1.84. The van der Waals surface area contributed by atoms with E-state index in [1.165, 1.54) is 0 Å². The highest BCUT2D eigenvalue weighted by Crippen LogP contribution is 1.85. The molecule has 2 atom stereocenters. The molecule has 0 aromatic rings. The molecule has 0 aliphatic heterocycles. The summed E-state index contributed by atoms with van der Waals surface area (Å²) in [6, 6.07) is 0. The summed E-state index contributed by atoms with van der Waals surface area (Å²) in [5, 5.41) is 8.02. The normalized spacial score (nSPS) is 12.6. The van der Waals surface area contributed by atoms with Crippen molar-refractivity contribution in [3.63, 3.8) is 0 Å². The lowest BCUT2D eigenvalue weighted by molar-refractivity contribution is 0.283. The lowest BCUT2D eigenvalue weighted by Crippen LogP contribution is -1.78. The smallest absolute Gasteiger partial charge is 0.0645 e. The maximum atomic E-state index is 8.02. The van der Waals surface area contributed by atoms with Gasteiger partial charge in [0.15, 0.2) is 0 Å². The summed E-state index contributed by atoms with van der Waals surface area (Å²) in [6.07, 6.45) is 0. The predicted octanol–water partition coefficient (Wildman–Crippen LogP) is 0.622. The van der Waals surface area contributed by atoms with Crippen molar-refractivity contribution in [3.8, 4) is 0 Å². The minimum Gasteiger partial charge on any atom is -0.389 e. The van der Waals surface area contributed by atoms with Crippen molar-refractivity contribution in [2.24, 2.45) is 0 Å². The molecule has 0 aromatic carbocycles. The Hall–Kier alpha value is 0.680. The van der Waals surface area contributed by atoms with E-state index in [1.54, 1.807) is 6.92 Å². The minimum atomic E-state index is -0.250. The number of hydrogen-bond donors (Lipinski definition) is 1. The van der Waals surface area contributed by atoms with Gasteiger partial charge in [0.05, 0.1) is 5.85 Å². The molecular formula is C2H8ClOP. The molecule has 0 bridgehead atoms. The molecule has 0 aliphatic rings. The van der Waals surface area contributed by atoms with E-state index in [1.807, 2.05) is 0 Å². The van der Waals surface area contributed by atoms with E-state index < -0.39 is 0 Å². The van der Waals surface area contributed by atoms with Gasteiger partial charge in [-0.2, -0.15) is 0 Å². The quantitative estimate of drug-likeness (QED) is 0.458.